The first-order chi connectivity index (χ1) is 8.91. The topological polar surface area (TPSA) is 20.2 Å². The summed E-state index contributed by atoms with van der Waals surface area (Å²) in [6.45, 7) is 3.91. The maximum atomic E-state index is 13.5. The zero-order chi connectivity index (χ0) is 14.2. The maximum Gasteiger partial charge on any atom is 0.173 e. The smallest absolute Gasteiger partial charge is 0.173 e. The van der Waals surface area contributed by atoms with Crippen molar-refractivity contribution < 1.29 is 13.9 Å². The monoisotopic (exact) mass is 326 g/mol. The third-order valence-corrected chi connectivity index (χ3v) is 4.01. The number of benzene rings is 2. The molecule has 0 saturated heterocycles. The Bertz CT molecular complexity index is 626. The molecule has 2 aromatic carbocycles. The molecule has 1 N–H and O–H groups in total. The van der Waals surface area contributed by atoms with Gasteiger partial charge >= 0.3 is 0 Å². The van der Waals surface area contributed by atoms with E-state index in [4.69, 9.17) is 0 Å². The molecule has 4 heteroatoms. The van der Waals surface area contributed by atoms with E-state index in [9.17, 15) is 13.9 Å². The Hall–Kier alpha value is -1.26. The van der Waals surface area contributed by atoms with E-state index in [1.807, 2.05) is 26.0 Å². The quantitative estimate of drug-likeness (QED) is 0.809. The van der Waals surface area contributed by atoms with Gasteiger partial charge in [0.15, 0.2) is 11.6 Å². The van der Waals surface area contributed by atoms with Crippen LogP contribution in [0.3, 0.4) is 0 Å². The average Bonchev–Trinajstić information content (AvgIpc) is 2.39. The first kappa shape index (κ1) is 14.2. The van der Waals surface area contributed by atoms with Gasteiger partial charge in [-0.3, -0.25) is 0 Å². The van der Waals surface area contributed by atoms with Crippen LogP contribution in [0.1, 0.15) is 28.4 Å². The lowest BCUT2D eigenvalue weighted by atomic mass is 9.98. The van der Waals surface area contributed by atoms with Crippen molar-refractivity contribution >= 4 is 15.9 Å². The Morgan fingerprint density at radius 3 is 2.37 bits per heavy atom. The molecular weight excluding hydrogens is 314 g/mol. The molecule has 2 rings (SSSR count). The van der Waals surface area contributed by atoms with Crippen molar-refractivity contribution in [3.05, 3.63) is 68.7 Å². The molecule has 0 radical (unpaired) electrons. The van der Waals surface area contributed by atoms with Crippen LogP contribution in [0.4, 0.5) is 8.78 Å². The van der Waals surface area contributed by atoms with Crippen LogP contribution >= 0.6 is 15.9 Å². The van der Waals surface area contributed by atoms with Gasteiger partial charge in [-0.1, -0.05) is 24.3 Å². The van der Waals surface area contributed by atoms with Gasteiger partial charge in [0.1, 0.15) is 6.10 Å². The van der Waals surface area contributed by atoms with Crippen molar-refractivity contribution in [1.29, 1.82) is 0 Å². The summed E-state index contributed by atoms with van der Waals surface area (Å²) >= 11 is 2.99. The molecule has 0 aromatic heterocycles. The van der Waals surface area contributed by atoms with Crippen molar-refractivity contribution in [1.82, 2.24) is 0 Å². The highest BCUT2D eigenvalue weighted by Crippen LogP contribution is 2.32. The summed E-state index contributed by atoms with van der Waals surface area (Å²) in [4.78, 5) is 0. The molecule has 19 heavy (non-hydrogen) atoms. The summed E-state index contributed by atoms with van der Waals surface area (Å²) in [5.41, 5.74) is 3.10. The SMILES string of the molecule is Cc1ccc(C(O)c2ccc(F)c(F)c2Br)cc1C. The largest absolute Gasteiger partial charge is 0.384 e. The second-order valence-corrected chi connectivity index (χ2v) is 5.30. The van der Waals surface area contributed by atoms with Gasteiger partial charge in [-0.2, -0.15) is 0 Å². The molecule has 1 nitrogen and oxygen atoms in total. The Kier molecular flexibility index (Phi) is 4.02. The van der Waals surface area contributed by atoms with Gasteiger partial charge in [0, 0.05) is 5.56 Å². The van der Waals surface area contributed by atoms with Crippen LogP contribution in [0.2, 0.25) is 0 Å². The van der Waals surface area contributed by atoms with Crippen LogP contribution < -0.4 is 0 Å². The number of halogens is 3. The van der Waals surface area contributed by atoms with Gasteiger partial charge < -0.3 is 5.11 Å². The fourth-order valence-corrected chi connectivity index (χ4v) is 2.40. The Morgan fingerprint density at radius 1 is 1.05 bits per heavy atom. The summed E-state index contributed by atoms with van der Waals surface area (Å²) in [6, 6.07) is 7.90. The molecule has 2 aromatic rings. The van der Waals surface area contributed by atoms with Gasteiger partial charge in [0.25, 0.3) is 0 Å². The van der Waals surface area contributed by atoms with E-state index < -0.39 is 17.7 Å². The number of hydrogen-bond donors (Lipinski definition) is 1. The Morgan fingerprint density at radius 2 is 1.74 bits per heavy atom. The third-order valence-electron chi connectivity index (χ3n) is 3.21. The van der Waals surface area contributed by atoms with Gasteiger partial charge in [0.05, 0.1) is 4.47 Å². The summed E-state index contributed by atoms with van der Waals surface area (Å²) in [5.74, 6) is -1.93. The van der Waals surface area contributed by atoms with Crippen molar-refractivity contribution in [3.63, 3.8) is 0 Å². The first-order valence-electron chi connectivity index (χ1n) is 5.80. The molecular formula is C15H13BrF2O. The molecule has 0 amide bonds. The van der Waals surface area contributed by atoms with Crippen molar-refractivity contribution in [3.8, 4) is 0 Å². The van der Waals surface area contributed by atoms with Crippen molar-refractivity contribution in [2.24, 2.45) is 0 Å². The predicted molar refractivity (Wildman–Crippen MR) is 74.0 cm³/mol. The van der Waals surface area contributed by atoms with Crippen LogP contribution in [0.5, 0.6) is 0 Å². The summed E-state index contributed by atoms with van der Waals surface area (Å²) in [6.07, 6.45) is -0.997. The minimum atomic E-state index is -0.997. The van der Waals surface area contributed by atoms with Crippen molar-refractivity contribution in [2.45, 2.75) is 20.0 Å². The van der Waals surface area contributed by atoms with Gasteiger partial charge in [-0.05, 0) is 52.5 Å². The van der Waals surface area contributed by atoms with Crippen LogP contribution in [0.25, 0.3) is 0 Å². The molecule has 0 aliphatic heterocycles. The molecule has 100 valence electrons. The lowest BCUT2D eigenvalue weighted by molar-refractivity contribution is 0.218. The van der Waals surface area contributed by atoms with E-state index in [2.05, 4.69) is 15.9 Å². The fourth-order valence-electron chi connectivity index (χ4n) is 1.87. The average molecular weight is 327 g/mol. The van der Waals surface area contributed by atoms with E-state index in [0.29, 0.717) is 11.1 Å². The van der Waals surface area contributed by atoms with Gasteiger partial charge in [-0.25, -0.2) is 8.78 Å². The van der Waals surface area contributed by atoms with Crippen LogP contribution in [-0.4, -0.2) is 5.11 Å². The van der Waals surface area contributed by atoms with Crippen molar-refractivity contribution in [2.75, 3.05) is 0 Å². The van der Waals surface area contributed by atoms with Gasteiger partial charge in [-0.15, -0.1) is 0 Å². The number of aliphatic hydroxyl groups is 1. The highest BCUT2D eigenvalue weighted by Gasteiger charge is 2.18. The lowest BCUT2D eigenvalue weighted by Crippen LogP contribution is -2.03. The second-order valence-electron chi connectivity index (χ2n) is 4.51. The van der Waals surface area contributed by atoms with E-state index in [1.54, 1.807) is 6.07 Å². The highest BCUT2D eigenvalue weighted by molar-refractivity contribution is 9.10. The fraction of sp³-hybridized carbons (Fsp3) is 0.200. The molecule has 0 aliphatic carbocycles. The molecule has 0 heterocycles. The zero-order valence-electron chi connectivity index (χ0n) is 10.5. The highest BCUT2D eigenvalue weighted by atomic mass is 79.9. The van der Waals surface area contributed by atoms with Crippen LogP contribution in [0, 0.1) is 25.5 Å². The predicted octanol–water partition coefficient (Wildman–Crippen LogP) is 4.43. The normalized spacial score (nSPS) is 12.5. The second kappa shape index (κ2) is 5.39. The minimum Gasteiger partial charge on any atom is -0.384 e. The summed E-state index contributed by atoms with van der Waals surface area (Å²) in [7, 11) is 0. The summed E-state index contributed by atoms with van der Waals surface area (Å²) in [5, 5.41) is 10.3. The third kappa shape index (κ3) is 2.69. The Labute approximate surface area is 119 Å². The molecule has 1 unspecified atom stereocenters. The van der Waals surface area contributed by atoms with E-state index in [-0.39, 0.29) is 4.47 Å². The summed E-state index contributed by atoms with van der Waals surface area (Å²) < 4.78 is 26.5. The molecule has 0 spiro atoms. The number of aliphatic hydroxyl groups excluding tert-OH is 1. The first-order valence-corrected chi connectivity index (χ1v) is 6.59. The Balaban J connectivity index is 2.47. The van der Waals surface area contributed by atoms with Crippen LogP contribution in [0.15, 0.2) is 34.8 Å². The standard InChI is InChI=1S/C15H13BrF2O/c1-8-3-4-10(7-9(8)2)15(19)11-5-6-12(17)14(18)13(11)16/h3-7,15,19H,1-2H3. The molecule has 1 atom stereocenters. The lowest BCUT2D eigenvalue weighted by Gasteiger charge is -2.15. The minimum absolute atomic E-state index is 0.0433. The van der Waals surface area contributed by atoms with E-state index >= 15 is 0 Å². The number of rotatable bonds is 2. The number of hydrogen-bond acceptors (Lipinski definition) is 1. The number of aryl methyl sites for hydroxylation is 2. The maximum absolute atomic E-state index is 13.5. The zero-order valence-corrected chi connectivity index (χ0v) is 12.1. The van der Waals surface area contributed by atoms with E-state index in [1.165, 1.54) is 6.07 Å². The van der Waals surface area contributed by atoms with E-state index in [0.717, 1.165) is 17.2 Å². The van der Waals surface area contributed by atoms with Gasteiger partial charge in [0.2, 0.25) is 0 Å². The molecule has 0 fully saturated rings. The molecule has 0 bridgehead atoms. The van der Waals surface area contributed by atoms with Crippen LogP contribution in [-0.2, 0) is 0 Å². The molecule has 0 aliphatic rings. The molecule has 0 saturated carbocycles.